The molecule has 1 aliphatic carbocycles. The molecule has 1 aliphatic rings. The Labute approximate surface area is 67.6 Å². The van der Waals surface area contributed by atoms with Crippen LogP contribution in [0.1, 0.15) is 19.3 Å². The minimum atomic E-state index is -0.102. The molecule has 58 valence electrons. The molecule has 2 atom stereocenters. The summed E-state index contributed by atoms with van der Waals surface area (Å²) in [6.45, 7) is 0. The lowest BCUT2D eigenvalue weighted by molar-refractivity contribution is 0.181. The van der Waals surface area contributed by atoms with Crippen molar-refractivity contribution in [1.82, 2.24) is 0 Å². The number of hydrogen-bond donors (Lipinski definition) is 2. The van der Waals surface area contributed by atoms with E-state index in [4.69, 9.17) is 10.8 Å². The summed E-state index contributed by atoms with van der Waals surface area (Å²) < 4.78 is 0. The lowest BCUT2D eigenvalue weighted by Crippen LogP contribution is -2.15. The normalized spacial score (nSPS) is 32.7. The molecule has 0 unspecified atom stereocenters. The van der Waals surface area contributed by atoms with Crippen LogP contribution >= 0.6 is 24.8 Å². The van der Waals surface area contributed by atoms with Gasteiger partial charge >= 0.3 is 0 Å². The van der Waals surface area contributed by atoms with Crippen LogP contribution in [0.2, 0.25) is 0 Å². The number of nitrogens with two attached hydrogens (primary N) is 1. The van der Waals surface area contributed by atoms with Crippen molar-refractivity contribution in [3.8, 4) is 0 Å². The van der Waals surface area contributed by atoms with E-state index < -0.39 is 0 Å². The van der Waals surface area contributed by atoms with Crippen molar-refractivity contribution in [1.29, 1.82) is 0 Å². The molecule has 0 aromatic heterocycles. The minimum absolute atomic E-state index is 0. The van der Waals surface area contributed by atoms with Crippen LogP contribution in [0.15, 0.2) is 0 Å². The van der Waals surface area contributed by atoms with Crippen molar-refractivity contribution in [2.24, 2.45) is 5.73 Å². The van der Waals surface area contributed by atoms with Gasteiger partial charge in [0, 0.05) is 6.04 Å². The van der Waals surface area contributed by atoms with E-state index in [0.29, 0.717) is 0 Å². The van der Waals surface area contributed by atoms with Gasteiger partial charge in [-0.05, 0) is 19.3 Å². The van der Waals surface area contributed by atoms with Crippen LogP contribution in [-0.2, 0) is 0 Å². The van der Waals surface area contributed by atoms with Gasteiger partial charge in [0.1, 0.15) is 0 Å². The number of aliphatic hydroxyl groups is 1. The van der Waals surface area contributed by atoms with Crippen molar-refractivity contribution < 1.29 is 5.11 Å². The molecule has 0 aromatic carbocycles. The molecule has 9 heavy (non-hydrogen) atoms. The highest BCUT2D eigenvalue weighted by atomic mass is 35.5. The first-order valence-electron chi connectivity index (χ1n) is 2.72. The number of aliphatic hydroxyl groups excluding tert-OH is 1. The smallest absolute Gasteiger partial charge is 0.0555 e. The molecule has 0 radical (unpaired) electrons. The minimum Gasteiger partial charge on any atom is -0.393 e. The molecule has 0 aromatic rings. The molecule has 0 amide bonds. The van der Waals surface area contributed by atoms with Crippen LogP contribution in [0.4, 0.5) is 0 Å². The second kappa shape index (κ2) is 5.30. The van der Waals surface area contributed by atoms with Crippen LogP contribution in [0, 0.1) is 0 Å². The van der Waals surface area contributed by atoms with Gasteiger partial charge in [0.05, 0.1) is 6.10 Å². The molecule has 0 bridgehead atoms. The zero-order valence-corrected chi connectivity index (χ0v) is 6.75. The second-order valence-corrected chi connectivity index (χ2v) is 2.23. The maximum absolute atomic E-state index is 8.82. The highest BCUT2D eigenvalue weighted by Crippen LogP contribution is 2.15. The summed E-state index contributed by atoms with van der Waals surface area (Å²) in [5, 5.41) is 8.82. The lowest BCUT2D eigenvalue weighted by atomic mass is 10.3. The highest BCUT2D eigenvalue weighted by molar-refractivity contribution is 5.85. The fourth-order valence-electron chi connectivity index (χ4n) is 0.992. The summed E-state index contributed by atoms with van der Waals surface area (Å²) in [6.07, 6.45) is 2.61. The van der Waals surface area contributed by atoms with Crippen LogP contribution < -0.4 is 5.73 Å². The Balaban J connectivity index is 0. The molecule has 0 spiro atoms. The monoisotopic (exact) mass is 173 g/mol. The van der Waals surface area contributed by atoms with Gasteiger partial charge in [-0.3, -0.25) is 0 Å². The fourth-order valence-corrected chi connectivity index (χ4v) is 0.992. The Bertz CT molecular complexity index is 64.0. The lowest BCUT2D eigenvalue weighted by Gasteiger charge is -1.96. The summed E-state index contributed by atoms with van der Waals surface area (Å²) in [6, 6.07) is 0.273. The number of hydrogen-bond acceptors (Lipinski definition) is 2. The topological polar surface area (TPSA) is 46.2 Å². The number of rotatable bonds is 0. The summed E-state index contributed by atoms with van der Waals surface area (Å²) >= 11 is 0. The SMILES string of the molecule is Cl.Cl.N[C@H]1CC[C@@H](O)C1. The third kappa shape index (κ3) is 3.98. The molecule has 1 fully saturated rings. The van der Waals surface area contributed by atoms with E-state index in [9.17, 15) is 0 Å². The molecule has 1 saturated carbocycles. The maximum atomic E-state index is 8.82. The molecule has 1 rings (SSSR count). The Kier molecular flexibility index (Phi) is 7.18. The molecule has 3 N–H and O–H groups in total. The van der Waals surface area contributed by atoms with Gasteiger partial charge in [0.25, 0.3) is 0 Å². The molecular weight excluding hydrogens is 161 g/mol. The predicted molar refractivity (Wildman–Crippen MR) is 42.3 cm³/mol. The van der Waals surface area contributed by atoms with E-state index in [1.54, 1.807) is 0 Å². The average Bonchev–Trinajstić information content (AvgIpc) is 1.87. The zero-order chi connectivity index (χ0) is 5.28. The Hall–Kier alpha value is 0.500. The van der Waals surface area contributed by atoms with Crippen LogP contribution in [0.5, 0.6) is 0 Å². The third-order valence-corrected chi connectivity index (χ3v) is 1.45. The largest absolute Gasteiger partial charge is 0.393 e. The fraction of sp³-hybridized carbons (Fsp3) is 1.00. The van der Waals surface area contributed by atoms with Crippen molar-refractivity contribution >= 4 is 24.8 Å². The van der Waals surface area contributed by atoms with Gasteiger partial charge in [0.15, 0.2) is 0 Å². The van der Waals surface area contributed by atoms with Gasteiger partial charge in [-0.2, -0.15) is 0 Å². The molecule has 0 heterocycles. The van der Waals surface area contributed by atoms with E-state index >= 15 is 0 Å². The first-order valence-corrected chi connectivity index (χ1v) is 2.72. The summed E-state index contributed by atoms with van der Waals surface area (Å²) in [7, 11) is 0. The summed E-state index contributed by atoms with van der Waals surface area (Å²) in [4.78, 5) is 0. The van der Waals surface area contributed by atoms with Gasteiger partial charge < -0.3 is 10.8 Å². The molecule has 2 nitrogen and oxygen atoms in total. The van der Waals surface area contributed by atoms with Crippen LogP contribution in [-0.4, -0.2) is 17.3 Å². The molecular formula is C5H13Cl2NO. The first kappa shape index (κ1) is 12.2. The van der Waals surface area contributed by atoms with E-state index in [0.717, 1.165) is 19.3 Å². The van der Waals surface area contributed by atoms with Crippen molar-refractivity contribution in [3.63, 3.8) is 0 Å². The van der Waals surface area contributed by atoms with Crippen molar-refractivity contribution in [3.05, 3.63) is 0 Å². The molecule has 0 saturated heterocycles. The van der Waals surface area contributed by atoms with E-state index in [1.807, 2.05) is 0 Å². The molecule has 4 heteroatoms. The summed E-state index contributed by atoms with van der Waals surface area (Å²) in [5.74, 6) is 0. The van der Waals surface area contributed by atoms with Gasteiger partial charge in [-0.1, -0.05) is 0 Å². The van der Waals surface area contributed by atoms with Gasteiger partial charge in [-0.15, -0.1) is 24.8 Å². The van der Waals surface area contributed by atoms with Crippen LogP contribution in [0.3, 0.4) is 0 Å². The van der Waals surface area contributed by atoms with E-state index in [-0.39, 0.29) is 37.0 Å². The standard InChI is InChI=1S/C5H11NO.2ClH/c6-4-1-2-5(7)3-4;;/h4-5,7H,1-3,6H2;2*1H/t4-,5+;;/m0../s1. The Morgan fingerprint density at radius 3 is 1.89 bits per heavy atom. The Morgan fingerprint density at radius 2 is 1.78 bits per heavy atom. The van der Waals surface area contributed by atoms with Gasteiger partial charge in [-0.25, -0.2) is 0 Å². The number of halogens is 2. The molecule has 0 aliphatic heterocycles. The zero-order valence-electron chi connectivity index (χ0n) is 5.12. The third-order valence-electron chi connectivity index (χ3n) is 1.45. The maximum Gasteiger partial charge on any atom is 0.0555 e. The van der Waals surface area contributed by atoms with E-state index in [2.05, 4.69) is 0 Å². The quantitative estimate of drug-likeness (QED) is 0.567. The van der Waals surface area contributed by atoms with Gasteiger partial charge in [0.2, 0.25) is 0 Å². The van der Waals surface area contributed by atoms with Crippen LogP contribution in [0.25, 0.3) is 0 Å². The summed E-state index contributed by atoms with van der Waals surface area (Å²) in [5.41, 5.74) is 5.47. The Morgan fingerprint density at radius 1 is 1.22 bits per heavy atom. The van der Waals surface area contributed by atoms with Crippen molar-refractivity contribution in [2.45, 2.75) is 31.4 Å². The highest BCUT2D eigenvalue weighted by Gasteiger charge is 2.18. The average molecular weight is 174 g/mol. The van der Waals surface area contributed by atoms with E-state index in [1.165, 1.54) is 0 Å². The van der Waals surface area contributed by atoms with Crippen molar-refractivity contribution in [2.75, 3.05) is 0 Å². The predicted octanol–water partition coefficient (Wildman–Crippen LogP) is 0.702. The second-order valence-electron chi connectivity index (χ2n) is 2.23. The first-order chi connectivity index (χ1) is 3.29.